The van der Waals surface area contributed by atoms with E-state index in [4.69, 9.17) is 9.84 Å². The molecule has 0 radical (unpaired) electrons. The predicted octanol–water partition coefficient (Wildman–Crippen LogP) is 1.89. The van der Waals surface area contributed by atoms with Crippen molar-refractivity contribution in [2.24, 2.45) is 0 Å². The maximum atomic E-state index is 11.3. The summed E-state index contributed by atoms with van der Waals surface area (Å²) in [6.07, 6.45) is 1.28. The first-order chi connectivity index (χ1) is 8.11. The van der Waals surface area contributed by atoms with Gasteiger partial charge in [-0.05, 0) is 30.7 Å². The zero-order chi connectivity index (χ0) is 12.7. The number of hydrogen-bond acceptors (Lipinski definition) is 3. The third-order valence-corrected chi connectivity index (χ3v) is 1.98. The van der Waals surface area contributed by atoms with E-state index in [0.717, 1.165) is 6.42 Å². The normalized spacial score (nSPS) is 9.71. The van der Waals surface area contributed by atoms with Gasteiger partial charge in [0.2, 0.25) is 5.91 Å². The van der Waals surface area contributed by atoms with Gasteiger partial charge in [0.05, 0.1) is 0 Å². The number of anilines is 1. The maximum Gasteiger partial charge on any atom is 0.341 e. The van der Waals surface area contributed by atoms with Crippen LogP contribution in [0.15, 0.2) is 24.3 Å². The van der Waals surface area contributed by atoms with E-state index in [0.29, 0.717) is 17.9 Å². The standard InChI is InChI=1S/C12H15NO4/c1-2-3-11(14)13-9-4-6-10(7-5-9)17-8-12(15)16/h4-7H,2-3,8H2,1H3,(H,13,14)(H,15,16). The fourth-order valence-electron chi connectivity index (χ4n) is 1.23. The topological polar surface area (TPSA) is 75.6 Å². The van der Waals surface area contributed by atoms with Crippen molar-refractivity contribution in [2.45, 2.75) is 19.8 Å². The van der Waals surface area contributed by atoms with E-state index in [9.17, 15) is 9.59 Å². The molecule has 0 fully saturated rings. The molecule has 2 N–H and O–H groups in total. The smallest absolute Gasteiger partial charge is 0.341 e. The lowest BCUT2D eigenvalue weighted by Gasteiger charge is -2.06. The number of ether oxygens (including phenoxy) is 1. The lowest BCUT2D eigenvalue weighted by Crippen LogP contribution is -2.11. The maximum absolute atomic E-state index is 11.3. The molecule has 0 saturated heterocycles. The van der Waals surface area contributed by atoms with Crippen LogP contribution in [0, 0.1) is 0 Å². The highest BCUT2D eigenvalue weighted by Crippen LogP contribution is 2.15. The minimum atomic E-state index is -1.02. The van der Waals surface area contributed by atoms with Gasteiger partial charge < -0.3 is 15.2 Å². The zero-order valence-electron chi connectivity index (χ0n) is 9.60. The van der Waals surface area contributed by atoms with Crippen LogP contribution in [0.5, 0.6) is 5.75 Å². The minimum Gasteiger partial charge on any atom is -0.482 e. The van der Waals surface area contributed by atoms with Crippen molar-refractivity contribution in [3.63, 3.8) is 0 Å². The van der Waals surface area contributed by atoms with Crippen LogP contribution >= 0.6 is 0 Å². The van der Waals surface area contributed by atoms with E-state index >= 15 is 0 Å². The molecule has 5 heteroatoms. The van der Waals surface area contributed by atoms with E-state index in [1.54, 1.807) is 24.3 Å². The second-order valence-corrected chi connectivity index (χ2v) is 3.50. The van der Waals surface area contributed by atoms with Crippen LogP contribution in [-0.4, -0.2) is 23.6 Å². The Morgan fingerprint density at radius 1 is 1.29 bits per heavy atom. The van der Waals surface area contributed by atoms with Gasteiger partial charge in [-0.15, -0.1) is 0 Å². The number of hydrogen-bond donors (Lipinski definition) is 2. The van der Waals surface area contributed by atoms with Crippen molar-refractivity contribution in [2.75, 3.05) is 11.9 Å². The summed E-state index contributed by atoms with van der Waals surface area (Å²) in [5, 5.41) is 11.1. The van der Waals surface area contributed by atoms with E-state index in [1.807, 2.05) is 6.92 Å². The molecule has 1 aromatic carbocycles. The van der Waals surface area contributed by atoms with Crippen LogP contribution in [0.3, 0.4) is 0 Å². The first-order valence-corrected chi connectivity index (χ1v) is 5.36. The third kappa shape index (κ3) is 5.01. The number of benzene rings is 1. The fraction of sp³-hybridized carbons (Fsp3) is 0.333. The molecule has 0 aromatic heterocycles. The summed E-state index contributed by atoms with van der Waals surface area (Å²) in [6.45, 7) is 1.56. The number of amides is 1. The van der Waals surface area contributed by atoms with Gasteiger partial charge in [0, 0.05) is 12.1 Å². The molecule has 0 atom stereocenters. The molecule has 0 heterocycles. The average Bonchev–Trinajstić information content (AvgIpc) is 2.28. The number of rotatable bonds is 6. The summed E-state index contributed by atoms with van der Waals surface area (Å²) in [7, 11) is 0. The minimum absolute atomic E-state index is 0.0355. The Morgan fingerprint density at radius 3 is 2.47 bits per heavy atom. The quantitative estimate of drug-likeness (QED) is 0.792. The van der Waals surface area contributed by atoms with Gasteiger partial charge in [0.25, 0.3) is 0 Å². The van der Waals surface area contributed by atoms with Gasteiger partial charge in [-0.25, -0.2) is 4.79 Å². The van der Waals surface area contributed by atoms with Crippen molar-refractivity contribution in [3.8, 4) is 5.75 Å². The summed E-state index contributed by atoms with van der Waals surface area (Å²) < 4.78 is 4.96. The summed E-state index contributed by atoms with van der Waals surface area (Å²) in [5.41, 5.74) is 0.672. The number of aliphatic carboxylic acids is 1. The van der Waals surface area contributed by atoms with Crippen molar-refractivity contribution in [1.82, 2.24) is 0 Å². The van der Waals surface area contributed by atoms with Crippen LogP contribution in [0.2, 0.25) is 0 Å². The molecule has 0 aliphatic carbocycles. The summed E-state index contributed by atoms with van der Waals surface area (Å²) in [4.78, 5) is 21.6. The van der Waals surface area contributed by atoms with Gasteiger partial charge in [0.15, 0.2) is 6.61 Å². The van der Waals surface area contributed by atoms with E-state index in [-0.39, 0.29) is 12.5 Å². The summed E-state index contributed by atoms with van der Waals surface area (Å²) in [6, 6.07) is 6.57. The fourth-order valence-corrected chi connectivity index (χ4v) is 1.23. The van der Waals surface area contributed by atoms with Crippen molar-refractivity contribution >= 4 is 17.6 Å². The molecule has 0 aliphatic heterocycles. The highest BCUT2D eigenvalue weighted by atomic mass is 16.5. The zero-order valence-corrected chi connectivity index (χ0v) is 9.60. The molecule has 0 spiro atoms. The second-order valence-electron chi connectivity index (χ2n) is 3.50. The van der Waals surface area contributed by atoms with Crippen LogP contribution in [0.4, 0.5) is 5.69 Å². The lowest BCUT2D eigenvalue weighted by molar-refractivity contribution is -0.139. The highest BCUT2D eigenvalue weighted by Gasteiger charge is 2.02. The number of carboxylic acids is 1. The summed E-state index contributed by atoms with van der Waals surface area (Å²) >= 11 is 0. The molecule has 0 aliphatic rings. The van der Waals surface area contributed by atoms with Gasteiger partial charge in [-0.2, -0.15) is 0 Å². The number of nitrogens with one attached hydrogen (secondary N) is 1. The number of carbonyl (C=O) groups is 2. The summed E-state index contributed by atoms with van der Waals surface area (Å²) in [5.74, 6) is -0.599. The third-order valence-electron chi connectivity index (χ3n) is 1.98. The Bertz CT molecular complexity index is 386. The highest BCUT2D eigenvalue weighted by molar-refractivity contribution is 5.90. The van der Waals surface area contributed by atoms with Crippen molar-refractivity contribution < 1.29 is 19.4 Å². The van der Waals surface area contributed by atoms with E-state index < -0.39 is 5.97 Å². The Balaban J connectivity index is 2.49. The molecule has 1 rings (SSSR count). The molecule has 0 unspecified atom stereocenters. The Labute approximate surface area is 99.4 Å². The van der Waals surface area contributed by atoms with Crippen LogP contribution < -0.4 is 10.1 Å². The number of carboxylic acid groups (broad SMARTS) is 1. The molecule has 17 heavy (non-hydrogen) atoms. The average molecular weight is 237 g/mol. The molecule has 1 aromatic rings. The first-order valence-electron chi connectivity index (χ1n) is 5.36. The van der Waals surface area contributed by atoms with Crippen LogP contribution in [0.1, 0.15) is 19.8 Å². The largest absolute Gasteiger partial charge is 0.482 e. The molecule has 1 amide bonds. The van der Waals surface area contributed by atoms with Gasteiger partial charge in [-0.3, -0.25) is 4.79 Å². The van der Waals surface area contributed by atoms with Crippen molar-refractivity contribution in [3.05, 3.63) is 24.3 Å². The van der Waals surface area contributed by atoms with Crippen LogP contribution in [0.25, 0.3) is 0 Å². The Hall–Kier alpha value is -2.04. The van der Waals surface area contributed by atoms with E-state index in [2.05, 4.69) is 5.32 Å². The van der Waals surface area contributed by atoms with E-state index in [1.165, 1.54) is 0 Å². The van der Waals surface area contributed by atoms with Gasteiger partial charge in [0.1, 0.15) is 5.75 Å². The second kappa shape index (κ2) is 6.52. The van der Waals surface area contributed by atoms with Gasteiger partial charge >= 0.3 is 5.97 Å². The number of carbonyl (C=O) groups excluding carboxylic acids is 1. The monoisotopic (exact) mass is 237 g/mol. The molecule has 0 bridgehead atoms. The Morgan fingerprint density at radius 2 is 1.94 bits per heavy atom. The predicted molar refractivity (Wildman–Crippen MR) is 63.1 cm³/mol. The molecular formula is C12H15NO4. The van der Waals surface area contributed by atoms with Crippen LogP contribution in [-0.2, 0) is 9.59 Å². The van der Waals surface area contributed by atoms with Gasteiger partial charge in [-0.1, -0.05) is 6.92 Å². The molecular weight excluding hydrogens is 222 g/mol. The molecule has 0 saturated carbocycles. The SMILES string of the molecule is CCCC(=O)Nc1ccc(OCC(=O)O)cc1. The molecule has 92 valence electrons. The molecule has 5 nitrogen and oxygen atoms in total. The van der Waals surface area contributed by atoms with Crippen molar-refractivity contribution in [1.29, 1.82) is 0 Å². The lowest BCUT2D eigenvalue weighted by atomic mass is 10.2. The first kappa shape index (κ1) is 13.0. The Kier molecular flexibility index (Phi) is 5.00.